The Labute approximate surface area is 194 Å². The molecule has 3 aromatic heterocycles. The smallest absolute Gasteiger partial charge is 0.111 e. The highest BCUT2D eigenvalue weighted by Crippen LogP contribution is 2.37. The number of fused-ring (bicyclic) bond motifs is 2. The Bertz CT molecular complexity index is 1440. The predicted molar refractivity (Wildman–Crippen MR) is 130 cm³/mol. The Morgan fingerprint density at radius 2 is 1.94 bits per heavy atom. The minimum absolute atomic E-state index is 0.642. The van der Waals surface area contributed by atoms with Gasteiger partial charge in [-0.3, -0.25) is 9.55 Å². The minimum Gasteiger partial charge on any atom is -0.378 e. The van der Waals surface area contributed by atoms with Crippen molar-refractivity contribution in [2.75, 3.05) is 31.2 Å². The van der Waals surface area contributed by atoms with E-state index in [-0.39, 0.29) is 0 Å². The number of hydrogen-bond acceptors (Lipinski definition) is 6. The highest BCUT2D eigenvalue weighted by molar-refractivity contribution is 7.07. The third-order valence-corrected chi connectivity index (χ3v) is 6.83. The van der Waals surface area contributed by atoms with Crippen LogP contribution in [-0.2, 0) is 4.74 Å². The van der Waals surface area contributed by atoms with E-state index in [0.29, 0.717) is 5.02 Å². The molecule has 4 heterocycles. The van der Waals surface area contributed by atoms with Gasteiger partial charge in [-0.05, 0) is 31.2 Å². The van der Waals surface area contributed by atoms with Gasteiger partial charge in [0.2, 0.25) is 0 Å². The first kappa shape index (κ1) is 19.7. The van der Waals surface area contributed by atoms with E-state index in [1.54, 1.807) is 11.3 Å². The molecule has 1 saturated heterocycles. The third kappa shape index (κ3) is 3.16. The normalized spacial score (nSPS) is 14.5. The van der Waals surface area contributed by atoms with Gasteiger partial charge in [0, 0.05) is 41.3 Å². The Balaban J connectivity index is 1.66. The molecule has 0 unspecified atom stereocenters. The molecule has 0 spiro atoms. The summed E-state index contributed by atoms with van der Waals surface area (Å²) in [7, 11) is 0. The molecule has 1 aliphatic rings. The number of hydrogen-bond donors (Lipinski definition) is 0. The number of para-hydroxylation sites is 1. The van der Waals surface area contributed by atoms with Crippen LogP contribution in [0.15, 0.2) is 53.5 Å². The summed E-state index contributed by atoms with van der Waals surface area (Å²) in [5, 5.41) is 3.71. The van der Waals surface area contributed by atoms with E-state index in [2.05, 4.69) is 43.0 Å². The zero-order chi connectivity index (χ0) is 21.7. The van der Waals surface area contributed by atoms with Crippen molar-refractivity contribution in [3.8, 4) is 16.9 Å². The molecule has 0 radical (unpaired) electrons. The van der Waals surface area contributed by atoms with Gasteiger partial charge in [0.15, 0.2) is 0 Å². The largest absolute Gasteiger partial charge is 0.378 e. The fourth-order valence-electron chi connectivity index (χ4n) is 4.45. The van der Waals surface area contributed by atoms with Crippen molar-refractivity contribution in [2.24, 2.45) is 0 Å². The van der Waals surface area contributed by atoms with Crippen LogP contribution in [-0.4, -0.2) is 45.8 Å². The molecular formula is C24H20ClN5OS. The number of aryl methyl sites for hydroxylation is 1. The number of pyridine rings is 1. The molecule has 32 heavy (non-hydrogen) atoms. The quantitative estimate of drug-likeness (QED) is 0.355. The molecule has 2 aromatic carbocycles. The monoisotopic (exact) mass is 461 g/mol. The molecule has 0 atom stereocenters. The number of benzene rings is 2. The summed E-state index contributed by atoms with van der Waals surface area (Å²) in [6.07, 6.45) is 1.81. The van der Waals surface area contributed by atoms with Crippen molar-refractivity contribution in [2.45, 2.75) is 6.92 Å². The van der Waals surface area contributed by atoms with Gasteiger partial charge >= 0.3 is 0 Å². The van der Waals surface area contributed by atoms with Gasteiger partial charge in [-0.25, -0.2) is 9.97 Å². The number of morpholine rings is 1. The lowest BCUT2D eigenvalue weighted by Gasteiger charge is -2.29. The molecule has 8 heteroatoms. The van der Waals surface area contributed by atoms with Gasteiger partial charge in [0.05, 0.1) is 51.7 Å². The van der Waals surface area contributed by atoms with E-state index in [4.69, 9.17) is 21.3 Å². The van der Waals surface area contributed by atoms with Crippen LogP contribution in [0.5, 0.6) is 0 Å². The van der Waals surface area contributed by atoms with Crippen molar-refractivity contribution in [3.05, 3.63) is 64.3 Å². The fraction of sp³-hybridized carbons (Fsp3) is 0.208. The second-order valence-corrected chi connectivity index (χ2v) is 8.92. The maximum absolute atomic E-state index is 6.45. The highest BCUT2D eigenvalue weighted by Gasteiger charge is 2.21. The van der Waals surface area contributed by atoms with Crippen molar-refractivity contribution in [1.29, 1.82) is 0 Å². The topological polar surface area (TPSA) is 56.1 Å². The van der Waals surface area contributed by atoms with Gasteiger partial charge in [0.1, 0.15) is 5.82 Å². The lowest BCUT2D eigenvalue weighted by Crippen LogP contribution is -2.36. The van der Waals surface area contributed by atoms with E-state index >= 15 is 0 Å². The average molecular weight is 462 g/mol. The van der Waals surface area contributed by atoms with Crippen LogP contribution in [0.1, 0.15) is 5.82 Å². The van der Waals surface area contributed by atoms with E-state index in [0.717, 1.165) is 76.7 Å². The number of ether oxygens (including phenoxy) is 1. The molecule has 0 amide bonds. The van der Waals surface area contributed by atoms with Crippen LogP contribution in [0.3, 0.4) is 0 Å². The first-order chi connectivity index (χ1) is 15.7. The summed E-state index contributed by atoms with van der Waals surface area (Å²) >= 11 is 8.05. The number of thiazole rings is 1. The molecule has 1 aliphatic heterocycles. The minimum atomic E-state index is 0.642. The van der Waals surface area contributed by atoms with Gasteiger partial charge < -0.3 is 9.64 Å². The van der Waals surface area contributed by atoms with Gasteiger partial charge in [0.25, 0.3) is 0 Å². The van der Waals surface area contributed by atoms with Gasteiger partial charge in [-0.2, -0.15) is 0 Å². The molecular weight excluding hydrogens is 442 g/mol. The number of anilines is 1. The van der Waals surface area contributed by atoms with E-state index < -0.39 is 0 Å². The van der Waals surface area contributed by atoms with Crippen LogP contribution in [0.2, 0.25) is 5.02 Å². The van der Waals surface area contributed by atoms with Crippen molar-refractivity contribution < 1.29 is 4.74 Å². The fourth-order valence-corrected chi connectivity index (χ4v) is 5.22. The molecule has 6 nitrogen and oxygen atoms in total. The zero-order valence-corrected chi connectivity index (χ0v) is 19.0. The average Bonchev–Trinajstić information content (AvgIpc) is 3.47. The van der Waals surface area contributed by atoms with E-state index in [1.807, 2.05) is 36.8 Å². The van der Waals surface area contributed by atoms with Crippen LogP contribution in [0, 0.1) is 6.92 Å². The summed E-state index contributed by atoms with van der Waals surface area (Å²) in [5.41, 5.74) is 8.80. The Morgan fingerprint density at radius 3 is 2.75 bits per heavy atom. The van der Waals surface area contributed by atoms with Crippen LogP contribution in [0.25, 0.3) is 38.9 Å². The molecule has 160 valence electrons. The molecule has 0 aliphatic carbocycles. The van der Waals surface area contributed by atoms with Crippen LogP contribution < -0.4 is 4.90 Å². The molecule has 6 rings (SSSR count). The summed E-state index contributed by atoms with van der Waals surface area (Å²) < 4.78 is 7.78. The lowest BCUT2D eigenvalue weighted by molar-refractivity contribution is 0.122. The predicted octanol–water partition coefficient (Wildman–Crippen LogP) is 5.50. The molecule has 0 bridgehead atoms. The van der Waals surface area contributed by atoms with Crippen LogP contribution >= 0.6 is 22.9 Å². The van der Waals surface area contributed by atoms with Crippen LogP contribution in [0.4, 0.5) is 5.69 Å². The summed E-state index contributed by atoms with van der Waals surface area (Å²) in [4.78, 5) is 16.5. The van der Waals surface area contributed by atoms with E-state index in [9.17, 15) is 0 Å². The number of imidazole rings is 1. The SMILES string of the molecule is Cc1nc2c(-c3cscn3)cc(N3CCOCC3)cc2n1-c1ccnc2c(Cl)cccc12. The Hall–Kier alpha value is -3.00. The summed E-state index contributed by atoms with van der Waals surface area (Å²) in [6, 6.07) is 12.4. The highest BCUT2D eigenvalue weighted by atomic mass is 35.5. The first-order valence-electron chi connectivity index (χ1n) is 10.5. The van der Waals surface area contributed by atoms with Crippen molar-refractivity contribution in [3.63, 3.8) is 0 Å². The molecule has 0 saturated carbocycles. The van der Waals surface area contributed by atoms with Crippen molar-refractivity contribution >= 4 is 50.6 Å². The number of nitrogens with zero attached hydrogens (tertiary/aromatic N) is 5. The zero-order valence-electron chi connectivity index (χ0n) is 17.5. The Kier molecular flexibility index (Phi) is 4.82. The summed E-state index contributed by atoms with van der Waals surface area (Å²) in [6.45, 7) is 5.23. The number of rotatable bonds is 3. The molecule has 1 fully saturated rings. The molecule has 0 N–H and O–H groups in total. The second kappa shape index (κ2) is 7.85. The standard InChI is InChI=1S/C24H20ClN5OS/c1-15-28-24-18(20-13-32-14-27-20)11-16(29-7-9-31-10-8-29)12-22(24)30(15)21-5-6-26-23-17(21)3-2-4-19(23)25/h2-6,11-14H,7-10H2,1H3. The first-order valence-corrected chi connectivity index (χ1v) is 11.8. The lowest BCUT2D eigenvalue weighted by atomic mass is 10.1. The third-order valence-electron chi connectivity index (χ3n) is 5.94. The Morgan fingerprint density at radius 1 is 1.06 bits per heavy atom. The number of aromatic nitrogens is 4. The summed E-state index contributed by atoms with van der Waals surface area (Å²) in [5.74, 6) is 0.906. The van der Waals surface area contributed by atoms with Gasteiger partial charge in [-0.15, -0.1) is 11.3 Å². The van der Waals surface area contributed by atoms with E-state index in [1.165, 1.54) is 0 Å². The van der Waals surface area contributed by atoms with Gasteiger partial charge in [-0.1, -0.05) is 23.7 Å². The molecule has 5 aromatic rings. The number of halogens is 1. The van der Waals surface area contributed by atoms with Crippen molar-refractivity contribution in [1.82, 2.24) is 19.5 Å². The maximum atomic E-state index is 6.45. The second-order valence-electron chi connectivity index (χ2n) is 7.79. The maximum Gasteiger partial charge on any atom is 0.111 e.